The summed E-state index contributed by atoms with van der Waals surface area (Å²) >= 11 is 0. The lowest BCUT2D eigenvalue weighted by Gasteiger charge is -2.35. The zero-order valence-electron chi connectivity index (χ0n) is 10.0. The van der Waals surface area contributed by atoms with E-state index in [1.165, 1.54) is 12.1 Å². The minimum Gasteiger partial charge on any atom is -0.382 e. The van der Waals surface area contributed by atoms with Gasteiger partial charge in [0.1, 0.15) is 0 Å². The monoisotopic (exact) mass is 258 g/mol. The van der Waals surface area contributed by atoms with Crippen molar-refractivity contribution >= 4 is 5.69 Å². The lowest BCUT2D eigenvalue weighted by molar-refractivity contribution is -0.127. The molecular formula is C13H17F3N2. The zero-order valence-corrected chi connectivity index (χ0v) is 10.0. The number of benzene rings is 1. The van der Waals surface area contributed by atoms with E-state index in [9.17, 15) is 13.2 Å². The lowest BCUT2D eigenvalue weighted by atomic mass is 9.80. The van der Waals surface area contributed by atoms with Crippen LogP contribution in [0.1, 0.15) is 18.4 Å². The first kappa shape index (κ1) is 13.2. The van der Waals surface area contributed by atoms with Crippen molar-refractivity contribution in [2.45, 2.75) is 31.5 Å². The van der Waals surface area contributed by atoms with Gasteiger partial charge in [0.2, 0.25) is 0 Å². The molecule has 2 rings (SSSR count). The SMILES string of the molecule is NCC1CC(Nc2ccc(CC(F)(F)F)cc2)C1. The van der Waals surface area contributed by atoms with Crippen molar-refractivity contribution in [3.63, 3.8) is 0 Å². The van der Waals surface area contributed by atoms with Crippen LogP contribution in [0.25, 0.3) is 0 Å². The van der Waals surface area contributed by atoms with Crippen molar-refractivity contribution in [1.82, 2.24) is 0 Å². The van der Waals surface area contributed by atoms with Gasteiger partial charge in [-0.15, -0.1) is 0 Å². The molecule has 100 valence electrons. The lowest BCUT2D eigenvalue weighted by Crippen LogP contribution is -2.39. The molecule has 0 radical (unpaired) electrons. The topological polar surface area (TPSA) is 38.0 Å². The summed E-state index contributed by atoms with van der Waals surface area (Å²) in [5, 5.41) is 3.30. The summed E-state index contributed by atoms with van der Waals surface area (Å²) < 4.78 is 36.5. The third-order valence-electron chi connectivity index (χ3n) is 3.30. The summed E-state index contributed by atoms with van der Waals surface area (Å²) in [5.74, 6) is 0.590. The number of nitrogens with two attached hydrogens (primary N) is 1. The third kappa shape index (κ3) is 3.63. The van der Waals surface area contributed by atoms with Crippen LogP contribution in [0.5, 0.6) is 0 Å². The number of anilines is 1. The minimum absolute atomic E-state index is 0.293. The molecule has 2 nitrogen and oxygen atoms in total. The standard InChI is InChI=1S/C13H17F3N2/c14-13(15,16)7-9-1-3-11(4-2-9)18-12-5-10(6-12)8-17/h1-4,10,12,18H,5-8,17H2. The zero-order chi connectivity index (χ0) is 13.2. The van der Waals surface area contributed by atoms with Gasteiger partial charge >= 0.3 is 6.18 Å². The van der Waals surface area contributed by atoms with Gasteiger partial charge in [-0.3, -0.25) is 0 Å². The molecule has 1 fully saturated rings. The van der Waals surface area contributed by atoms with E-state index in [2.05, 4.69) is 5.32 Å². The minimum atomic E-state index is -4.14. The summed E-state index contributed by atoms with van der Waals surface area (Å²) in [6, 6.07) is 6.87. The van der Waals surface area contributed by atoms with E-state index in [4.69, 9.17) is 5.73 Å². The number of rotatable bonds is 4. The number of hydrogen-bond acceptors (Lipinski definition) is 2. The Labute approximate surface area is 104 Å². The van der Waals surface area contributed by atoms with E-state index >= 15 is 0 Å². The average molecular weight is 258 g/mol. The van der Waals surface area contributed by atoms with Gasteiger partial charge in [-0.05, 0) is 43.0 Å². The Bertz CT molecular complexity index is 380. The van der Waals surface area contributed by atoms with Crippen LogP contribution < -0.4 is 11.1 Å². The first-order valence-electron chi connectivity index (χ1n) is 6.08. The number of halogens is 3. The molecule has 0 saturated heterocycles. The van der Waals surface area contributed by atoms with Crippen molar-refractivity contribution in [2.24, 2.45) is 11.7 Å². The smallest absolute Gasteiger partial charge is 0.382 e. The second-order valence-corrected chi connectivity index (χ2v) is 4.90. The molecule has 0 heterocycles. The van der Waals surface area contributed by atoms with Crippen molar-refractivity contribution in [3.8, 4) is 0 Å². The highest BCUT2D eigenvalue weighted by molar-refractivity contribution is 5.46. The molecule has 1 saturated carbocycles. The largest absolute Gasteiger partial charge is 0.393 e. The quantitative estimate of drug-likeness (QED) is 0.871. The molecule has 0 aromatic heterocycles. The Morgan fingerprint density at radius 3 is 2.28 bits per heavy atom. The van der Waals surface area contributed by atoms with Gasteiger partial charge in [0.15, 0.2) is 0 Å². The van der Waals surface area contributed by atoms with Crippen LogP contribution >= 0.6 is 0 Å². The fourth-order valence-corrected chi connectivity index (χ4v) is 2.23. The average Bonchev–Trinajstić information content (AvgIpc) is 2.23. The Morgan fingerprint density at radius 1 is 1.17 bits per heavy atom. The summed E-state index contributed by atoms with van der Waals surface area (Å²) in [7, 11) is 0. The Morgan fingerprint density at radius 2 is 1.78 bits per heavy atom. The van der Waals surface area contributed by atoms with Crippen molar-refractivity contribution < 1.29 is 13.2 Å². The molecule has 0 unspecified atom stereocenters. The van der Waals surface area contributed by atoms with E-state index in [0.717, 1.165) is 18.5 Å². The second kappa shape index (κ2) is 5.18. The van der Waals surface area contributed by atoms with Crippen molar-refractivity contribution in [3.05, 3.63) is 29.8 Å². The van der Waals surface area contributed by atoms with Crippen LogP contribution in [0.4, 0.5) is 18.9 Å². The van der Waals surface area contributed by atoms with Gasteiger partial charge in [-0.2, -0.15) is 13.2 Å². The first-order chi connectivity index (χ1) is 8.46. The van der Waals surface area contributed by atoms with E-state index in [1.807, 2.05) is 0 Å². The second-order valence-electron chi connectivity index (χ2n) is 4.90. The summed E-state index contributed by atoms with van der Waals surface area (Å²) in [6.45, 7) is 0.711. The molecular weight excluding hydrogens is 241 g/mol. The van der Waals surface area contributed by atoms with Gasteiger partial charge in [0.25, 0.3) is 0 Å². The molecule has 18 heavy (non-hydrogen) atoms. The van der Waals surface area contributed by atoms with Crippen LogP contribution in [0.15, 0.2) is 24.3 Å². The van der Waals surface area contributed by atoms with Crippen LogP contribution in [-0.4, -0.2) is 18.8 Å². The summed E-state index contributed by atoms with van der Waals surface area (Å²) in [4.78, 5) is 0. The van der Waals surface area contributed by atoms with Crippen molar-refractivity contribution in [2.75, 3.05) is 11.9 Å². The molecule has 0 aliphatic heterocycles. The summed E-state index contributed by atoms with van der Waals surface area (Å²) in [6.07, 6.45) is -2.93. The number of alkyl halides is 3. The van der Waals surface area contributed by atoms with Crippen LogP contribution in [-0.2, 0) is 6.42 Å². The van der Waals surface area contributed by atoms with Crippen LogP contribution in [0.2, 0.25) is 0 Å². The molecule has 1 aliphatic carbocycles. The van der Waals surface area contributed by atoms with Crippen LogP contribution in [0.3, 0.4) is 0 Å². The van der Waals surface area contributed by atoms with Gasteiger partial charge in [-0.25, -0.2) is 0 Å². The van der Waals surface area contributed by atoms with E-state index in [-0.39, 0.29) is 0 Å². The molecule has 0 spiro atoms. The predicted octanol–water partition coefficient (Wildman–Crippen LogP) is 2.94. The molecule has 1 aliphatic rings. The summed E-state index contributed by atoms with van der Waals surface area (Å²) in [5.41, 5.74) is 6.70. The van der Waals surface area contributed by atoms with E-state index < -0.39 is 12.6 Å². The van der Waals surface area contributed by atoms with E-state index in [0.29, 0.717) is 24.1 Å². The van der Waals surface area contributed by atoms with Crippen molar-refractivity contribution in [1.29, 1.82) is 0 Å². The highest BCUT2D eigenvalue weighted by Crippen LogP contribution is 2.29. The number of nitrogens with one attached hydrogen (secondary N) is 1. The van der Waals surface area contributed by atoms with Gasteiger partial charge < -0.3 is 11.1 Å². The highest BCUT2D eigenvalue weighted by Gasteiger charge is 2.28. The molecule has 0 amide bonds. The van der Waals surface area contributed by atoms with Gasteiger partial charge in [-0.1, -0.05) is 12.1 Å². The van der Waals surface area contributed by atoms with Gasteiger partial charge in [0.05, 0.1) is 6.42 Å². The molecule has 0 atom stereocenters. The van der Waals surface area contributed by atoms with Crippen LogP contribution in [0, 0.1) is 5.92 Å². The van der Waals surface area contributed by atoms with E-state index in [1.54, 1.807) is 12.1 Å². The Balaban J connectivity index is 1.85. The first-order valence-corrected chi connectivity index (χ1v) is 6.08. The maximum atomic E-state index is 12.2. The molecule has 1 aromatic carbocycles. The Hall–Kier alpha value is -1.23. The fraction of sp³-hybridized carbons (Fsp3) is 0.538. The fourth-order valence-electron chi connectivity index (χ4n) is 2.23. The molecule has 1 aromatic rings. The predicted molar refractivity (Wildman–Crippen MR) is 65.4 cm³/mol. The molecule has 3 N–H and O–H groups in total. The highest BCUT2D eigenvalue weighted by atomic mass is 19.4. The molecule has 5 heteroatoms. The maximum Gasteiger partial charge on any atom is 0.393 e. The number of hydrogen-bond donors (Lipinski definition) is 2. The van der Waals surface area contributed by atoms with Gasteiger partial charge in [0, 0.05) is 11.7 Å². The molecule has 0 bridgehead atoms. The normalized spacial score (nSPS) is 23.6. The Kier molecular flexibility index (Phi) is 3.80. The third-order valence-corrected chi connectivity index (χ3v) is 3.30. The maximum absolute atomic E-state index is 12.2.